The number of allylic oxidation sites excluding steroid dienone is 2. The fourth-order valence-electron chi connectivity index (χ4n) is 1.11. The third-order valence-electron chi connectivity index (χ3n) is 1.84. The van der Waals surface area contributed by atoms with Gasteiger partial charge in [0.15, 0.2) is 0 Å². The van der Waals surface area contributed by atoms with Gasteiger partial charge >= 0.3 is 5.97 Å². The van der Waals surface area contributed by atoms with E-state index < -0.39 is 5.97 Å². The number of hydroxylamine groups is 1. The van der Waals surface area contributed by atoms with Gasteiger partial charge < -0.3 is 4.84 Å². The van der Waals surface area contributed by atoms with Crippen LogP contribution < -0.4 is 5.48 Å². The summed E-state index contributed by atoms with van der Waals surface area (Å²) in [6, 6.07) is 9.81. The van der Waals surface area contributed by atoms with Gasteiger partial charge in [-0.25, -0.2) is 4.79 Å². The standard InChI is InChI=1S/C13H13NO3/c15-11-14-17-13(16)10-6-2-5-9-12-7-3-1-4-8-12/h1-9,11H,10H2,(H,14,15)/b6-2+,9-5+. The van der Waals surface area contributed by atoms with Crippen molar-refractivity contribution in [1.82, 2.24) is 5.48 Å². The fourth-order valence-corrected chi connectivity index (χ4v) is 1.11. The normalized spacial score (nSPS) is 10.6. The van der Waals surface area contributed by atoms with E-state index in [1.165, 1.54) is 0 Å². The van der Waals surface area contributed by atoms with Gasteiger partial charge in [0, 0.05) is 0 Å². The molecule has 0 bridgehead atoms. The number of hydrogen-bond donors (Lipinski definition) is 1. The van der Waals surface area contributed by atoms with E-state index in [1.807, 2.05) is 48.0 Å². The van der Waals surface area contributed by atoms with Crippen LogP contribution >= 0.6 is 0 Å². The van der Waals surface area contributed by atoms with Gasteiger partial charge in [0.2, 0.25) is 6.41 Å². The highest BCUT2D eigenvalue weighted by Crippen LogP contribution is 2.00. The minimum absolute atomic E-state index is 0.111. The van der Waals surface area contributed by atoms with Crippen LogP contribution in [0, 0.1) is 0 Å². The lowest BCUT2D eigenvalue weighted by Gasteiger charge is -1.95. The summed E-state index contributed by atoms with van der Waals surface area (Å²) >= 11 is 0. The van der Waals surface area contributed by atoms with Gasteiger partial charge in [0.1, 0.15) is 0 Å². The van der Waals surface area contributed by atoms with Crippen molar-refractivity contribution in [1.29, 1.82) is 0 Å². The molecular formula is C13H13NO3. The Morgan fingerprint density at radius 2 is 2.00 bits per heavy atom. The van der Waals surface area contributed by atoms with Crippen molar-refractivity contribution in [3.63, 3.8) is 0 Å². The second-order valence-electron chi connectivity index (χ2n) is 3.11. The van der Waals surface area contributed by atoms with E-state index in [2.05, 4.69) is 4.84 Å². The molecule has 0 heterocycles. The summed E-state index contributed by atoms with van der Waals surface area (Å²) in [7, 11) is 0. The predicted octanol–water partition coefficient (Wildman–Crippen LogP) is 1.85. The second-order valence-corrected chi connectivity index (χ2v) is 3.11. The van der Waals surface area contributed by atoms with Gasteiger partial charge in [-0.1, -0.05) is 54.6 Å². The Kier molecular flexibility index (Phi) is 5.88. The first-order valence-electron chi connectivity index (χ1n) is 5.10. The molecule has 1 rings (SSSR count). The lowest BCUT2D eigenvalue weighted by molar-refractivity contribution is -0.153. The third kappa shape index (κ3) is 5.94. The van der Waals surface area contributed by atoms with Gasteiger partial charge in [0.05, 0.1) is 6.42 Å². The van der Waals surface area contributed by atoms with Crippen LogP contribution in [-0.4, -0.2) is 12.4 Å². The van der Waals surface area contributed by atoms with Crippen LogP contribution in [0.3, 0.4) is 0 Å². The lowest BCUT2D eigenvalue weighted by Crippen LogP contribution is -2.17. The topological polar surface area (TPSA) is 55.4 Å². The smallest absolute Gasteiger partial charge is 0.335 e. The highest BCUT2D eigenvalue weighted by Gasteiger charge is 1.96. The van der Waals surface area contributed by atoms with E-state index in [4.69, 9.17) is 0 Å². The Labute approximate surface area is 99.5 Å². The summed E-state index contributed by atoms with van der Waals surface area (Å²) in [5.74, 6) is -0.513. The first-order valence-corrected chi connectivity index (χ1v) is 5.10. The molecule has 0 radical (unpaired) electrons. The summed E-state index contributed by atoms with van der Waals surface area (Å²) in [6.07, 6.45) is 7.56. The van der Waals surface area contributed by atoms with Gasteiger partial charge in [-0.05, 0) is 5.56 Å². The van der Waals surface area contributed by atoms with E-state index in [0.717, 1.165) is 5.56 Å². The van der Waals surface area contributed by atoms with Crippen LogP contribution in [-0.2, 0) is 14.4 Å². The van der Waals surface area contributed by atoms with Crippen LogP contribution in [0.15, 0.2) is 48.6 Å². The Hall–Kier alpha value is -2.36. The molecule has 0 spiro atoms. The average molecular weight is 231 g/mol. The first-order chi connectivity index (χ1) is 8.33. The molecule has 0 aliphatic heterocycles. The number of benzene rings is 1. The summed E-state index contributed by atoms with van der Waals surface area (Å²) in [4.78, 5) is 25.1. The van der Waals surface area contributed by atoms with Gasteiger partial charge in [-0.2, -0.15) is 5.48 Å². The molecule has 1 N–H and O–H groups in total. The molecule has 0 aromatic heterocycles. The third-order valence-corrected chi connectivity index (χ3v) is 1.84. The number of nitrogens with one attached hydrogen (secondary N) is 1. The van der Waals surface area contributed by atoms with E-state index >= 15 is 0 Å². The highest BCUT2D eigenvalue weighted by molar-refractivity contribution is 5.71. The molecule has 1 aromatic carbocycles. The van der Waals surface area contributed by atoms with Crippen molar-refractivity contribution in [2.45, 2.75) is 6.42 Å². The molecule has 0 atom stereocenters. The highest BCUT2D eigenvalue weighted by atomic mass is 16.7. The lowest BCUT2D eigenvalue weighted by atomic mass is 10.2. The molecule has 1 aromatic rings. The number of rotatable bonds is 6. The average Bonchev–Trinajstić information content (AvgIpc) is 2.37. The van der Waals surface area contributed by atoms with E-state index in [9.17, 15) is 9.59 Å². The van der Waals surface area contributed by atoms with Crippen LogP contribution in [0.2, 0.25) is 0 Å². The number of carbonyl (C=O) groups excluding carboxylic acids is 2. The summed E-state index contributed by atoms with van der Waals surface area (Å²) < 4.78 is 0. The molecule has 0 saturated carbocycles. The van der Waals surface area contributed by atoms with Crippen LogP contribution in [0.5, 0.6) is 0 Å². The molecule has 4 heteroatoms. The van der Waals surface area contributed by atoms with Crippen LogP contribution in [0.25, 0.3) is 6.08 Å². The maximum absolute atomic E-state index is 10.9. The monoisotopic (exact) mass is 231 g/mol. The molecule has 1 amide bonds. The van der Waals surface area contributed by atoms with Crippen molar-refractivity contribution in [2.24, 2.45) is 0 Å². The fraction of sp³-hybridized carbons (Fsp3) is 0.0769. The Morgan fingerprint density at radius 1 is 1.24 bits per heavy atom. The van der Waals surface area contributed by atoms with Crippen molar-refractivity contribution in [3.05, 3.63) is 54.1 Å². The van der Waals surface area contributed by atoms with Crippen LogP contribution in [0.1, 0.15) is 12.0 Å². The van der Waals surface area contributed by atoms with Crippen molar-refractivity contribution in [2.75, 3.05) is 0 Å². The van der Waals surface area contributed by atoms with Gasteiger partial charge in [0.25, 0.3) is 0 Å². The molecule has 0 aliphatic carbocycles. The number of carbonyl (C=O) groups is 2. The van der Waals surface area contributed by atoms with Gasteiger partial charge in [-0.15, -0.1) is 0 Å². The minimum Gasteiger partial charge on any atom is -0.341 e. The summed E-state index contributed by atoms with van der Waals surface area (Å²) in [5.41, 5.74) is 2.92. The molecule has 88 valence electrons. The maximum Gasteiger partial charge on any atom is 0.335 e. The summed E-state index contributed by atoms with van der Waals surface area (Å²) in [6.45, 7) is 0. The molecule has 0 aliphatic rings. The van der Waals surface area contributed by atoms with E-state index in [0.29, 0.717) is 6.41 Å². The largest absolute Gasteiger partial charge is 0.341 e. The second kappa shape index (κ2) is 7.87. The quantitative estimate of drug-likeness (QED) is 0.462. The number of amides is 1. The van der Waals surface area contributed by atoms with Gasteiger partial charge in [-0.3, -0.25) is 4.79 Å². The molecule has 17 heavy (non-hydrogen) atoms. The molecule has 4 nitrogen and oxygen atoms in total. The molecule has 0 saturated heterocycles. The number of hydrogen-bond acceptors (Lipinski definition) is 3. The predicted molar refractivity (Wildman–Crippen MR) is 64.5 cm³/mol. The van der Waals surface area contributed by atoms with E-state index in [-0.39, 0.29) is 6.42 Å². The molecule has 0 unspecified atom stereocenters. The Bertz CT molecular complexity index is 410. The zero-order chi connectivity index (χ0) is 12.3. The van der Waals surface area contributed by atoms with Crippen molar-refractivity contribution >= 4 is 18.5 Å². The van der Waals surface area contributed by atoms with Crippen molar-refractivity contribution in [3.8, 4) is 0 Å². The zero-order valence-electron chi connectivity index (χ0n) is 9.21. The minimum atomic E-state index is -0.513. The zero-order valence-corrected chi connectivity index (χ0v) is 9.21. The van der Waals surface area contributed by atoms with E-state index in [1.54, 1.807) is 12.2 Å². The molecule has 0 fully saturated rings. The molecular weight excluding hydrogens is 218 g/mol. The maximum atomic E-state index is 10.9. The van der Waals surface area contributed by atoms with Crippen LogP contribution in [0.4, 0.5) is 0 Å². The van der Waals surface area contributed by atoms with Crippen molar-refractivity contribution < 1.29 is 14.4 Å². The Balaban J connectivity index is 2.28. The Morgan fingerprint density at radius 3 is 2.71 bits per heavy atom. The SMILES string of the molecule is O=CNOC(=O)C/C=C/C=C/c1ccccc1. The first kappa shape index (κ1) is 12.7. The summed E-state index contributed by atoms with van der Waals surface area (Å²) in [5, 5.41) is 0.